The van der Waals surface area contributed by atoms with Crippen LogP contribution in [0.1, 0.15) is 0 Å². The van der Waals surface area contributed by atoms with Crippen molar-refractivity contribution in [2.75, 3.05) is 0 Å². The van der Waals surface area contributed by atoms with Gasteiger partial charge in [0, 0.05) is 36.8 Å². The van der Waals surface area contributed by atoms with Crippen molar-refractivity contribution in [3.63, 3.8) is 0 Å². The van der Waals surface area contributed by atoms with E-state index in [-0.39, 0.29) is 47.8 Å². The van der Waals surface area contributed by atoms with Gasteiger partial charge in [0.1, 0.15) is 0 Å². The Morgan fingerprint density at radius 3 is 0.750 bits per heavy atom. The van der Waals surface area contributed by atoms with E-state index >= 15 is 0 Å². The molecule has 0 aromatic heterocycles. The molecule has 0 aliphatic carbocycles. The van der Waals surface area contributed by atoms with Gasteiger partial charge >= 0.3 is 0 Å². The summed E-state index contributed by atoms with van der Waals surface area (Å²) in [7, 11) is 0. The van der Waals surface area contributed by atoms with Crippen molar-refractivity contribution in [1.82, 2.24) is 0 Å². The van der Waals surface area contributed by atoms with Crippen LogP contribution in [0.4, 0.5) is 0 Å². The molecule has 0 atom stereocenters. The van der Waals surface area contributed by atoms with Crippen molar-refractivity contribution < 1.29 is 30.4 Å². The minimum absolute atomic E-state index is 0. The maximum absolute atomic E-state index is 0. The molecule has 4 heavy (non-hydrogen) atoms. The van der Waals surface area contributed by atoms with E-state index in [1.807, 2.05) is 0 Å². The number of rotatable bonds is 0. The van der Waals surface area contributed by atoms with Gasteiger partial charge in [-0.25, -0.2) is 0 Å². The molecule has 0 amide bonds. The first kappa shape index (κ1) is 72.9. The summed E-state index contributed by atoms with van der Waals surface area (Å²) in [6.07, 6.45) is 0. The van der Waals surface area contributed by atoms with E-state index in [2.05, 4.69) is 0 Å². The molecule has 0 aromatic carbocycles. The van der Waals surface area contributed by atoms with E-state index < -0.39 is 0 Å². The first-order valence-electron chi connectivity index (χ1n) is 0. The van der Waals surface area contributed by atoms with Gasteiger partial charge < -0.3 is 11.0 Å². The van der Waals surface area contributed by atoms with Crippen LogP contribution in [-0.2, 0) is 19.5 Å². The van der Waals surface area contributed by atoms with Crippen molar-refractivity contribution >= 4 is 17.4 Å². The molecule has 0 aromatic rings. The van der Waals surface area contributed by atoms with Crippen molar-refractivity contribution in [1.29, 1.82) is 0 Å². The van der Waals surface area contributed by atoms with Crippen LogP contribution in [-0.4, -0.2) is 28.3 Å². The monoisotopic (exact) mass is 127 g/mol. The Labute approximate surface area is 48.1 Å². The van der Waals surface area contributed by atoms with Crippen molar-refractivity contribution in [2.24, 2.45) is 0 Å². The average molecular weight is 128 g/mol. The van der Waals surface area contributed by atoms with E-state index in [1.165, 1.54) is 0 Å². The maximum atomic E-state index is 0. The van der Waals surface area contributed by atoms with Gasteiger partial charge in [-0.3, -0.25) is 0 Å². The third-order valence-electron chi connectivity index (χ3n) is 0. The molecule has 0 unspecified atom stereocenters. The van der Waals surface area contributed by atoms with E-state index in [1.54, 1.807) is 0 Å². The molecule has 2 nitrogen and oxygen atoms in total. The van der Waals surface area contributed by atoms with E-state index in [9.17, 15) is 0 Å². The smallest absolute Gasteiger partial charge is 0 e. The molecular weight excluding hydrogens is 124 g/mol. The summed E-state index contributed by atoms with van der Waals surface area (Å²) >= 11 is 0. The fraction of sp³-hybridized carbons (Fsp3) is 0. The maximum Gasteiger partial charge on any atom is 0 e. The van der Waals surface area contributed by atoms with Gasteiger partial charge in [0.05, 0.1) is 0 Å². The summed E-state index contributed by atoms with van der Waals surface area (Å²) in [5.41, 5.74) is 0. The molecule has 0 fully saturated rings. The Morgan fingerprint density at radius 1 is 0.750 bits per heavy atom. The third kappa shape index (κ3) is 11.5. The fourth-order valence-corrected chi connectivity index (χ4v) is 0. The standard InChI is InChI=1S/Al.2H2O.Zn/h;2*1H2;. The normalized spacial score (nSPS) is 0. The Balaban J connectivity index is 0. The van der Waals surface area contributed by atoms with Crippen molar-refractivity contribution in [2.45, 2.75) is 0 Å². The van der Waals surface area contributed by atoms with Gasteiger partial charge in [0.2, 0.25) is 0 Å². The minimum atomic E-state index is 0. The quantitative estimate of drug-likeness (QED) is 0.338. The first-order chi connectivity index (χ1) is 0. The van der Waals surface area contributed by atoms with Gasteiger partial charge in [-0.1, -0.05) is 0 Å². The van der Waals surface area contributed by atoms with E-state index in [4.69, 9.17) is 0 Å². The number of hydrogen-bond donors (Lipinski definition) is 0. The van der Waals surface area contributed by atoms with Crippen LogP contribution < -0.4 is 0 Å². The molecule has 0 saturated heterocycles. The predicted molar refractivity (Wildman–Crippen MR) is 13.0 cm³/mol. The third-order valence-corrected chi connectivity index (χ3v) is 0. The fourth-order valence-electron chi connectivity index (χ4n) is 0. The molecule has 4 heteroatoms. The van der Waals surface area contributed by atoms with Gasteiger partial charge in [0.15, 0.2) is 0 Å². The largest absolute Gasteiger partial charge is 0.412 e. The zero-order valence-electron chi connectivity index (χ0n) is 2.28. The molecule has 0 rings (SSSR count). The van der Waals surface area contributed by atoms with Crippen LogP contribution in [0.2, 0.25) is 0 Å². The zero-order valence-corrected chi connectivity index (χ0v) is 6.41. The number of hydrogen-bond acceptors (Lipinski definition) is 0. The van der Waals surface area contributed by atoms with E-state index in [0.29, 0.717) is 0 Å². The average Bonchev–Trinajstić information content (AvgIpc) is 0. The van der Waals surface area contributed by atoms with Crippen LogP contribution in [0.25, 0.3) is 0 Å². The van der Waals surface area contributed by atoms with Gasteiger partial charge in [-0.2, -0.15) is 0 Å². The minimum Gasteiger partial charge on any atom is -0.412 e. The summed E-state index contributed by atoms with van der Waals surface area (Å²) in [4.78, 5) is 0. The second-order valence-corrected chi connectivity index (χ2v) is 0. The van der Waals surface area contributed by atoms with E-state index in [0.717, 1.165) is 0 Å². The second-order valence-electron chi connectivity index (χ2n) is 0. The van der Waals surface area contributed by atoms with Crippen LogP contribution in [0.3, 0.4) is 0 Å². The molecule has 4 N–H and O–H groups in total. The van der Waals surface area contributed by atoms with Crippen LogP contribution in [0.15, 0.2) is 0 Å². The topological polar surface area (TPSA) is 63.0 Å². The second kappa shape index (κ2) is 33.3. The van der Waals surface area contributed by atoms with Crippen molar-refractivity contribution in [3.05, 3.63) is 0 Å². The summed E-state index contributed by atoms with van der Waals surface area (Å²) in [5.74, 6) is 0. The van der Waals surface area contributed by atoms with Gasteiger partial charge in [-0.15, -0.1) is 0 Å². The summed E-state index contributed by atoms with van der Waals surface area (Å²) in [6, 6.07) is 0. The molecule has 0 spiro atoms. The Kier molecular flexibility index (Phi) is 607. The van der Waals surface area contributed by atoms with Gasteiger partial charge in [0.25, 0.3) is 0 Å². The van der Waals surface area contributed by atoms with Crippen LogP contribution >= 0.6 is 0 Å². The molecule has 0 saturated carbocycles. The summed E-state index contributed by atoms with van der Waals surface area (Å²) in [6.45, 7) is 0. The molecule has 0 heterocycles. The predicted octanol–water partition coefficient (Wildman–Crippen LogP) is -2.03. The molecular formula is H4AlO2Zn. The molecule has 0 aliphatic heterocycles. The molecule has 3 radical (unpaired) electrons. The zero-order chi connectivity index (χ0) is 0. The molecule has 0 aliphatic rings. The molecule has 0 bridgehead atoms. The van der Waals surface area contributed by atoms with Gasteiger partial charge in [-0.05, 0) is 0 Å². The van der Waals surface area contributed by atoms with Crippen LogP contribution in [0, 0.1) is 0 Å². The first-order valence-corrected chi connectivity index (χ1v) is 0. The Bertz CT molecular complexity index is 6.00. The molecule has 21 valence electrons. The van der Waals surface area contributed by atoms with Crippen LogP contribution in [0.5, 0.6) is 0 Å². The summed E-state index contributed by atoms with van der Waals surface area (Å²) in [5, 5.41) is 0. The Morgan fingerprint density at radius 2 is 0.750 bits per heavy atom. The summed E-state index contributed by atoms with van der Waals surface area (Å²) < 4.78 is 0. The Hall–Kier alpha value is 1.08. The van der Waals surface area contributed by atoms with Crippen molar-refractivity contribution in [3.8, 4) is 0 Å². The SMILES string of the molecule is O.O.[Al].[Zn].